The van der Waals surface area contributed by atoms with Gasteiger partial charge in [0, 0.05) is 24.0 Å². The highest BCUT2D eigenvalue weighted by Crippen LogP contribution is 2.42. The van der Waals surface area contributed by atoms with Crippen LogP contribution in [-0.2, 0) is 0 Å². The van der Waals surface area contributed by atoms with Gasteiger partial charge in [0.25, 0.3) is 5.91 Å². The normalized spacial score (nSPS) is 14.5. The highest BCUT2D eigenvalue weighted by atomic mass is 32.1. The molecule has 2 heterocycles. The summed E-state index contributed by atoms with van der Waals surface area (Å²) in [5, 5.41) is 0.879. The lowest BCUT2D eigenvalue weighted by atomic mass is 9.94. The lowest BCUT2D eigenvalue weighted by molar-refractivity contribution is 0.0702. The molecule has 5 rings (SSSR count). The zero-order valence-corrected chi connectivity index (χ0v) is 20.0. The Balaban J connectivity index is 1.66. The van der Waals surface area contributed by atoms with Crippen LogP contribution in [0.4, 0.5) is 5.69 Å². The molecule has 0 aliphatic heterocycles. The SMILES string of the molecule is Cc1ccc(-c2cc(-c3ccccc3)nc3sc(C(=O)N(C)C4CCCCC4)c(N)c23)cc1. The molecule has 4 nitrogen and oxygen atoms in total. The molecular weight excluding hydrogens is 426 g/mol. The van der Waals surface area contributed by atoms with Crippen molar-refractivity contribution in [1.82, 2.24) is 9.88 Å². The number of anilines is 1. The first kappa shape index (κ1) is 21.7. The predicted molar refractivity (Wildman–Crippen MR) is 139 cm³/mol. The second-order valence-electron chi connectivity index (χ2n) is 9.02. The summed E-state index contributed by atoms with van der Waals surface area (Å²) in [4.78, 5) is 21.8. The topological polar surface area (TPSA) is 59.2 Å². The van der Waals surface area contributed by atoms with Crippen molar-refractivity contribution in [2.45, 2.75) is 45.1 Å². The third kappa shape index (κ3) is 4.13. The van der Waals surface area contributed by atoms with Gasteiger partial charge >= 0.3 is 0 Å². The largest absolute Gasteiger partial charge is 0.397 e. The number of hydrogen-bond acceptors (Lipinski definition) is 4. The molecule has 0 atom stereocenters. The maximum Gasteiger partial charge on any atom is 0.266 e. The van der Waals surface area contributed by atoms with Crippen LogP contribution in [0.15, 0.2) is 60.7 Å². The van der Waals surface area contributed by atoms with Gasteiger partial charge in [0.15, 0.2) is 0 Å². The smallest absolute Gasteiger partial charge is 0.266 e. The Bertz CT molecular complexity index is 1290. The molecule has 1 aliphatic rings. The quantitative estimate of drug-likeness (QED) is 0.363. The number of nitrogen functional groups attached to an aromatic ring is 1. The molecule has 2 aromatic carbocycles. The summed E-state index contributed by atoms with van der Waals surface area (Å²) in [6.07, 6.45) is 5.76. The highest BCUT2D eigenvalue weighted by molar-refractivity contribution is 7.21. The Kier molecular flexibility index (Phi) is 5.90. The molecule has 33 heavy (non-hydrogen) atoms. The number of hydrogen-bond donors (Lipinski definition) is 1. The molecular formula is C28H29N3OS. The standard InChI is InChI=1S/C28H29N3OS/c1-18-13-15-19(16-14-18)22-17-23(20-9-5-3-6-10-20)30-27-24(22)25(29)26(33-27)28(32)31(2)21-11-7-4-8-12-21/h3,5-6,9-10,13-17,21H,4,7-8,11-12,29H2,1-2H3. The van der Waals surface area contributed by atoms with E-state index in [-0.39, 0.29) is 5.91 Å². The molecule has 1 saturated carbocycles. The summed E-state index contributed by atoms with van der Waals surface area (Å²) in [6.45, 7) is 2.08. The molecule has 1 amide bonds. The summed E-state index contributed by atoms with van der Waals surface area (Å²) in [7, 11) is 1.92. The Hall–Kier alpha value is -3.18. The van der Waals surface area contributed by atoms with Crippen LogP contribution in [0.2, 0.25) is 0 Å². The first-order valence-electron chi connectivity index (χ1n) is 11.7. The summed E-state index contributed by atoms with van der Waals surface area (Å²) >= 11 is 1.42. The summed E-state index contributed by atoms with van der Waals surface area (Å²) in [6, 6.07) is 21.0. The minimum atomic E-state index is 0.0125. The Morgan fingerprint density at radius 1 is 1.00 bits per heavy atom. The van der Waals surface area contributed by atoms with Gasteiger partial charge in [-0.05, 0) is 37.0 Å². The van der Waals surface area contributed by atoms with E-state index in [0.29, 0.717) is 16.6 Å². The molecule has 2 N–H and O–H groups in total. The molecule has 0 unspecified atom stereocenters. The van der Waals surface area contributed by atoms with E-state index in [1.54, 1.807) is 0 Å². The van der Waals surface area contributed by atoms with Crippen LogP contribution in [0.3, 0.4) is 0 Å². The molecule has 0 saturated heterocycles. The van der Waals surface area contributed by atoms with E-state index in [1.165, 1.54) is 36.2 Å². The van der Waals surface area contributed by atoms with Crippen molar-refractivity contribution >= 4 is 33.1 Å². The number of carbonyl (C=O) groups excluding carboxylic acids is 1. The minimum absolute atomic E-state index is 0.0125. The summed E-state index contributed by atoms with van der Waals surface area (Å²) < 4.78 is 0. The zero-order chi connectivity index (χ0) is 22.9. The third-order valence-corrected chi connectivity index (χ3v) is 7.86. The monoisotopic (exact) mass is 455 g/mol. The van der Waals surface area contributed by atoms with Gasteiger partial charge in [0.2, 0.25) is 0 Å². The third-order valence-electron chi connectivity index (χ3n) is 6.77. The van der Waals surface area contributed by atoms with E-state index in [9.17, 15) is 4.79 Å². The van der Waals surface area contributed by atoms with Crippen LogP contribution in [0.1, 0.15) is 47.3 Å². The number of rotatable bonds is 4. The average Bonchev–Trinajstić information content (AvgIpc) is 3.20. The fraction of sp³-hybridized carbons (Fsp3) is 0.286. The van der Waals surface area contributed by atoms with Crippen LogP contribution >= 0.6 is 11.3 Å². The number of benzene rings is 2. The van der Waals surface area contributed by atoms with Crippen LogP contribution in [-0.4, -0.2) is 28.9 Å². The fourth-order valence-electron chi connectivity index (χ4n) is 4.79. The lowest BCUT2D eigenvalue weighted by Crippen LogP contribution is -2.38. The molecule has 1 fully saturated rings. The van der Waals surface area contributed by atoms with Gasteiger partial charge in [-0.25, -0.2) is 4.98 Å². The van der Waals surface area contributed by atoms with E-state index in [0.717, 1.165) is 45.4 Å². The van der Waals surface area contributed by atoms with Gasteiger partial charge in [-0.2, -0.15) is 0 Å². The maximum absolute atomic E-state index is 13.5. The van der Waals surface area contributed by atoms with Gasteiger partial charge in [-0.3, -0.25) is 4.79 Å². The summed E-state index contributed by atoms with van der Waals surface area (Å²) in [5.74, 6) is 0.0125. The van der Waals surface area contributed by atoms with Crippen LogP contribution in [0.25, 0.3) is 32.6 Å². The van der Waals surface area contributed by atoms with Crippen molar-refractivity contribution in [1.29, 1.82) is 0 Å². The molecule has 0 bridgehead atoms. The fourth-order valence-corrected chi connectivity index (χ4v) is 5.89. The number of fused-ring (bicyclic) bond motifs is 1. The van der Waals surface area contributed by atoms with Crippen molar-refractivity contribution in [3.8, 4) is 22.4 Å². The van der Waals surface area contributed by atoms with Gasteiger partial charge < -0.3 is 10.6 Å². The predicted octanol–water partition coefficient (Wildman–Crippen LogP) is 6.93. The number of thiophene rings is 1. The van der Waals surface area contributed by atoms with Crippen molar-refractivity contribution in [3.63, 3.8) is 0 Å². The van der Waals surface area contributed by atoms with Gasteiger partial charge in [0.05, 0.1) is 11.4 Å². The minimum Gasteiger partial charge on any atom is -0.397 e. The van der Waals surface area contributed by atoms with E-state index in [4.69, 9.17) is 10.7 Å². The molecule has 4 aromatic rings. The number of amides is 1. The van der Waals surface area contributed by atoms with Gasteiger partial charge in [-0.15, -0.1) is 11.3 Å². The number of carbonyl (C=O) groups is 1. The van der Waals surface area contributed by atoms with Crippen molar-refractivity contribution < 1.29 is 4.79 Å². The number of nitrogens with two attached hydrogens (primary N) is 1. The van der Waals surface area contributed by atoms with Crippen molar-refractivity contribution in [2.24, 2.45) is 0 Å². The zero-order valence-electron chi connectivity index (χ0n) is 19.2. The van der Waals surface area contributed by atoms with E-state index in [1.807, 2.05) is 30.1 Å². The van der Waals surface area contributed by atoms with Crippen LogP contribution < -0.4 is 5.73 Å². The molecule has 1 aliphatic carbocycles. The van der Waals surface area contributed by atoms with Gasteiger partial charge in [0.1, 0.15) is 9.71 Å². The molecule has 0 spiro atoms. The average molecular weight is 456 g/mol. The first-order chi connectivity index (χ1) is 16.0. The Labute approximate surface area is 199 Å². The van der Waals surface area contributed by atoms with Gasteiger partial charge in [-0.1, -0.05) is 79.4 Å². The van der Waals surface area contributed by atoms with E-state index in [2.05, 4.69) is 49.4 Å². The van der Waals surface area contributed by atoms with Crippen molar-refractivity contribution in [2.75, 3.05) is 12.8 Å². The molecule has 168 valence electrons. The number of aromatic nitrogens is 1. The summed E-state index contributed by atoms with van der Waals surface area (Å²) in [5.41, 5.74) is 12.5. The Morgan fingerprint density at radius 2 is 1.70 bits per heavy atom. The molecule has 2 aromatic heterocycles. The van der Waals surface area contributed by atoms with Crippen LogP contribution in [0.5, 0.6) is 0 Å². The van der Waals surface area contributed by atoms with E-state index >= 15 is 0 Å². The highest BCUT2D eigenvalue weighted by Gasteiger charge is 2.28. The van der Waals surface area contributed by atoms with Crippen molar-refractivity contribution in [3.05, 3.63) is 71.1 Å². The number of pyridine rings is 1. The lowest BCUT2D eigenvalue weighted by Gasteiger charge is -2.31. The molecule has 0 radical (unpaired) electrons. The Morgan fingerprint density at radius 3 is 2.39 bits per heavy atom. The second kappa shape index (κ2) is 8.99. The number of aryl methyl sites for hydroxylation is 1. The first-order valence-corrected chi connectivity index (χ1v) is 12.5. The maximum atomic E-state index is 13.5. The van der Waals surface area contributed by atoms with Crippen LogP contribution in [0, 0.1) is 6.92 Å². The molecule has 5 heteroatoms. The van der Waals surface area contributed by atoms with E-state index < -0.39 is 0 Å². The second-order valence-corrected chi connectivity index (χ2v) is 10.0. The number of nitrogens with zero attached hydrogens (tertiary/aromatic N) is 2.